The third-order valence-corrected chi connectivity index (χ3v) is 14.4. The molecule has 1 unspecified atom stereocenters. The first-order chi connectivity index (χ1) is 35.7. The normalized spacial score (nSPS) is 17.3. The first-order valence-electron chi connectivity index (χ1n) is 24.4. The van der Waals surface area contributed by atoms with Gasteiger partial charge in [-0.15, -0.1) is 11.3 Å². The van der Waals surface area contributed by atoms with Crippen LogP contribution < -0.4 is 29.3 Å². The fraction of sp³-hybridized carbons (Fsp3) is 0.370. The molecule has 3 aromatic heterocycles. The van der Waals surface area contributed by atoms with Crippen LogP contribution in [-0.4, -0.2) is 90.0 Å². The molecule has 21 heteroatoms. The molecule has 0 radical (unpaired) electrons. The molecular weight excluding hydrogens is 1010 g/mol. The van der Waals surface area contributed by atoms with E-state index in [0.717, 1.165) is 52.4 Å². The third kappa shape index (κ3) is 11.9. The molecule has 0 aliphatic carbocycles. The monoisotopic (exact) mass is 1060 g/mol. The predicted octanol–water partition coefficient (Wildman–Crippen LogP) is 9.97. The summed E-state index contributed by atoms with van der Waals surface area (Å²) < 4.78 is 60.9. The summed E-state index contributed by atoms with van der Waals surface area (Å²) in [5, 5.41) is 27.4. The van der Waals surface area contributed by atoms with Crippen molar-refractivity contribution < 1.29 is 46.9 Å². The van der Waals surface area contributed by atoms with Crippen LogP contribution in [0.2, 0.25) is 0 Å². The molecule has 2 aliphatic rings. The zero-order chi connectivity index (χ0) is 53.8. The number of rotatable bonds is 19. The minimum Gasteiger partial charge on any atom is -0.494 e. The molecule has 5 heterocycles. The molecule has 0 bridgehead atoms. The highest BCUT2D eigenvalue weighted by atomic mass is 32.1. The van der Waals surface area contributed by atoms with Crippen molar-refractivity contribution in [1.82, 2.24) is 30.0 Å². The fourth-order valence-electron chi connectivity index (χ4n) is 9.14. The van der Waals surface area contributed by atoms with E-state index in [4.69, 9.17) is 26.4 Å². The maximum Gasteiger partial charge on any atom is 0.417 e. The number of anilines is 2. The van der Waals surface area contributed by atoms with Crippen LogP contribution in [0.15, 0.2) is 103 Å². The summed E-state index contributed by atoms with van der Waals surface area (Å²) in [5.41, 5.74) is 1.84. The van der Waals surface area contributed by atoms with E-state index >= 15 is 0 Å². The lowest BCUT2D eigenvalue weighted by molar-refractivity contribution is -0.142. The van der Waals surface area contributed by atoms with Crippen LogP contribution in [0.1, 0.15) is 94.9 Å². The van der Waals surface area contributed by atoms with E-state index < -0.39 is 53.0 Å². The number of nitrogens with one attached hydrogen (secondary N) is 1. The summed E-state index contributed by atoms with van der Waals surface area (Å²) in [4.78, 5) is 55.6. The molecule has 16 nitrogen and oxygen atoms in total. The van der Waals surface area contributed by atoms with Gasteiger partial charge in [0.15, 0.2) is 10.9 Å². The number of thiazole rings is 1. The molecule has 2 saturated heterocycles. The highest BCUT2D eigenvalue weighted by Crippen LogP contribution is 2.40. The van der Waals surface area contributed by atoms with Gasteiger partial charge in [0.25, 0.3) is 5.91 Å². The number of unbranched alkanes of at least 4 members (excludes halogenated alkanes) is 2. The van der Waals surface area contributed by atoms with Gasteiger partial charge in [-0.3, -0.25) is 28.9 Å². The Morgan fingerprint density at radius 3 is 2.29 bits per heavy atom. The van der Waals surface area contributed by atoms with Gasteiger partial charge in [0.2, 0.25) is 11.8 Å². The summed E-state index contributed by atoms with van der Waals surface area (Å²) in [6.45, 7) is 11.7. The number of halogens is 3. The second-order valence-electron chi connectivity index (χ2n) is 19.2. The topological polar surface area (TPSA) is 188 Å². The minimum atomic E-state index is -4.80. The number of benzene rings is 3. The van der Waals surface area contributed by atoms with Crippen LogP contribution in [0.5, 0.6) is 23.0 Å². The number of alkyl halides is 3. The third-order valence-electron chi connectivity index (χ3n) is 13.0. The predicted molar refractivity (Wildman–Crippen MR) is 279 cm³/mol. The summed E-state index contributed by atoms with van der Waals surface area (Å²) in [6, 6.07) is 20.4. The zero-order valence-corrected chi connectivity index (χ0v) is 43.7. The number of pyridine rings is 1. The molecule has 4 atom stereocenters. The lowest BCUT2D eigenvalue weighted by Crippen LogP contribution is -2.49. The lowest BCUT2D eigenvalue weighted by atomic mass is 10.0. The van der Waals surface area contributed by atoms with Crippen molar-refractivity contribution >= 4 is 57.8 Å². The number of hydrogen-bond acceptors (Lipinski definition) is 13. The molecule has 2 N–H and O–H groups in total. The number of aliphatic hydroxyl groups excluding tert-OH is 1. The Hall–Kier alpha value is -7.41. The number of ether oxygens (including phenoxy) is 3. The molecule has 2 fully saturated rings. The van der Waals surface area contributed by atoms with Crippen molar-refractivity contribution in [2.45, 2.75) is 103 Å². The lowest BCUT2D eigenvalue weighted by Gasteiger charge is -2.30. The highest BCUT2D eigenvalue weighted by molar-refractivity contribution is 7.81. The second kappa shape index (κ2) is 22.6. The van der Waals surface area contributed by atoms with E-state index in [1.807, 2.05) is 52.0 Å². The van der Waals surface area contributed by atoms with Gasteiger partial charge in [-0.2, -0.15) is 23.5 Å². The largest absolute Gasteiger partial charge is 0.494 e. The highest BCUT2D eigenvalue weighted by Gasteiger charge is 2.51. The minimum absolute atomic E-state index is 0.000926. The van der Waals surface area contributed by atoms with Gasteiger partial charge in [0.05, 0.1) is 82.4 Å². The molecule has 2 aliphatic heterocycles. The molecule has 8 rings (SSSR count). The number of hydrogen-bond donors (Lipinski definition) is 2. The van der Waals surface area contributed by atoms with Gasteiger partial charge < -0.3 is 34.4 Å². The van der Waals surface area contributed by atoms with E-state index in [-0.39, 0.29) is 41.5 Å². The average molecular weight is 1060 g/mol. The number of amides is 3. The fourth-order valence-corrected chi connectivity index (χ4v) is 10.5. The molecule has 6 aromatic rings. The van der Waals surface area contributed by atoms with E-state index in [1.165, 1.54) is 33.2 Å². The number of aliphatic hydroxyl groups is 1. The number of nitriles is 1. The Bertz CT molecular complexity index is 3080. The van der Waals surface area contributed by atoms with Crippen LogP contribution in [-0.2, 0) is 20.6 Å². The number of aromatic nitrogens is 4. The summed E-state index contributed by atoms with van der Waals surface area (Å²) >= 11 is 7.18. The van der Waals surface area contributed by atoms with Crippen LogP contribution in [0.3, 0.4) is 0 Å². The van der Waals surface area contributed by atoms with Crippen molar-refractivity contribution in [2.75, 3.05) is 29.6 Å². The van der Waals surface area contributed by atoms with Gasteiger partial charge >= 0.3 is 6.18 Å². The van der Waals surface area contributed by atoms with Crippen LogP contribution in [0, 0.1) is 24.2 Å². The maximum absolute atomic E-state index is 14.3. The molecular formula is C54H56F3N9O7S2. The van der Waals surface area contributed by atoms with E-state index in [9.17, 15) is 37.9 Å². The molecule has 3 aromatic carbocycles. The molecule has 392 valence electrons. The Labute approximate surface area is 441 Å². The van der Waals surface area contributed by atoms with Gasteiger partial charge in [-0.1, -0.05) is 26.0 Å². The average Bonchev–Trinajstić information content (AvgIpc) is 4.17. The number of aryl methyl sites for hydroxylation is 1. The van der Waals surface area contributed by atoms with Crippen molar-refractivity contribution in [3.05, 3.63) is 125 Å². The van der Waals surface area contributed by atoms with E-state index in [0.29, 0.717) is 47.6 Å². The van der Waals surface area contributed by atoms with Gasteiger partial charge in [-0.25, -0.2) is 4.98 Å². The van der Waals surface area contributed by atoms with Crippen LogP contribution in [0.25, 0.3) is 10.4 Å². The SMILES string of the molecule is Cc1ncsc1-c1ccc([C@H](C)NC(=O)[C@@H]2C[C@@H](O)CN2C(=O)C(C(C)C)n2cc(Oc3cccc(OCCCCCOc4ccc(N5C(=S)N(c6ccc(C#N)c(C(F)(F)F)c6)C(=O)C5(C)C)cc4)c3)cn2)nc1. The zero-order valence-electron chi connectivity index (χ0n) is 42.1. The maximum atomic E-state index is 14.3. The Morgan fingerprint density at radius 1 is 0.933 bits per heavy atom. The van der Waals surface area contributed by atoms with Crippen molar-refractivity contribution in [3.8, 4) is 39.5 Å². The van der Waals surface area contributed by atoms with Crippen LogP contribution >= 0.6 is 23.6 Å². The summed E-state index contributed by atoms with van der Waals surface area (Å²) in [5.74, 6) is 0.612. The van der Waals surface area contributed by atoms with Crippen LogP contribution in [0.4, 0.5) is 24.5 Å². The Balaban J connectivity index is 0.787. The van der Waals surface area contributed by atoms with Gasteiger partial charge in [0.1, 0.15) is 34.9 Å². The second-order valence-corrected chi connectivity index (χ2v) is 20.4. The first kappa shape index (κ1) is 53.9. The molecule has 0 spiro atoms. The smallest absolute Gasteiger partial charge is 0.417 e. The molecule has 3 amide bonds. The number of carbonyl (C=O) groups excluding carboxylic acids is 3. The Morgan fingerprint density at radius 2 is 1.64 bits per heavy atom. The Kier molecular flexibility index (Phi) is 16.2. The van der Waals surface area contributed by atoms with Crippen molar-refractivity contribution in [2.24, 2.45) is 5.92 Å². The quantitative estimate of drug-likeness (QED) is 0.0577. The number of nitrogens with zero attached hydrogens (tertiary/aromatic N) is 8. The number of likely N-dealkylation sites (tertiary alicyclic amines) is 1. The van der Waals surface area contributed by atoms with E-state index in [2.05, 4.69) is 20.4 Å². The van der Waals surface area contributed by atoms with Crippen molar-refractivity contribution in [3.63, 3.8) is 0 Å². The summed E-state index contributed by atoms with van der Waals surface area (Å²) in [7, 11) is 0. The van der Waals surface area contributed by atoms with E-state index in [1.54, 1.807) is 79.1 Å². The first-order valence-corrected chi connectivity index (χ1v) is 25.7. The number of β-amino-alcohol motifs (C(OH)–C–C–N with tert-alkyl or cyclic N) is 1. The summed E-state index contributed by atoms with van der Waals surface area (Å²) in [6.07, 6.45) is 1.64. The van der Waals surface area contributed by atoms with Gasteiger partial charge in [-0.05, 0) is 126 Å². The number of carbonyl (C=O) groups is 3. The number of thiocarbonyl (C=S) groups is 1. The standard InChI is InChI=1S/C54H56F3N9O7S2/c1-32(2)47(50(69)63-29-39(67)24-46(63)49(68)62-33(3)45-20-14-36(27-59-45)48-34(4)60-31-75-48)64-30-43(28-61-64)73-42-12-10-11-41(25-42)72-22-9-7-8-21-71-40-18-16-37(17-19-40)66-52(74)65(51(70)53(66,5)6)38-15-13-35(26-58)44(23-38)54(55,56)57/h10-20,23,25,27-28,30-33,39,46-47,67H,7-9,21-22,24,29H2,1-6H3,(H,62,68)/t33-,39+,46-,47?/m0/s1. The van der Waals surface area contributed by atoms with Gasteiger partial charge in [0, 0.05) is 36.5 Å². The molecule has 75 heavy (non-hydrogen) atoms. The van der Waals surface area contributed by atoms with Crippen molar-refractivity contribution in [1.29, 1.82) is 5.26 Å². The molecule has 0 saturated carbocycles.